The van der Waals surface area contributed by atoms with Crippen molar-refractivity contribution in [1.82, 2.24) is 5.32 Å². The molecule has 0 aliphatic carbocycles. The van der Waals surface area contributed by atoms with E-state index in [0.29, 0.717) is 12.2 Å². The van der Waals surface area contributed by atoms with Crippen molar-refractivity contribution in [1.29, 1.82) is 0 Å². The Labute approximate surface area is 157 Å². The van der Waals surface area contributed by atoms with Crippen molar-refractivity contribution in [2.75, 3.05) is 0 Å². The van der Waals surface area contributed by atoms with Gasteiger partial charge in [0.2, 0.25) is 0 Å². The molecule has 0 aliphatic heterocycles. The lowest BCUT2D eigenvalue weighted by atomic mass is 9.87. The van der Waals surface area contributed by atoms with Crippen LogP contribution in [0.2, 0.25) is 0 Å². The SMILES string of the molecule is CCC(CC)NC(=O)c1ccc(COc2ccc(C(C)(C)C)cc2)cc1. The van der Waals surface area contributed by atoms with Gasteiger partial charge in [-0.15, -0.1) is 0 Å². The van der Waals surface area contributed by atoms with Gasteiger partial charge in [-0.3, -0.25) is 4.79 Å². The van der Waals surface area contributed by atoms with Crippen LogP contribution >= 0.6 is 0 Å². The third-order valence-corrected chi connectivity index (χ3v) is 4.66. The normalized spacial score (nSPS) is 11.5. The van der Waals surface area contributed by atoms with Crippen LogP contribution in [0, 0.1) is 0 Å². The largest absolute Gasteiger partial charge is 0.489 e. The average Bonchev–Trinajstić information content (AvgIpc) is 2.64. The van der Waals surface area contributed by atoms with Crippen molar-refractivity contribution in [3.05, 3.63) is 65.2 Å². The third-order valence-electron chi connectivity index (χ3n) is 4.66. The van der Waals surface area contributed by atoms with Crippen LogP contribution in [-0.2, 0) is 12.0 Å². The van der Waals surface area contributed by atoms with Gasteiger partial charge in [0.15, 0.2) is 0 Å². The van der Waals surface area contributed by atoms with Gasteiger partial charge in [0.1, 0.15) is 12.4 Å². The molecule has 3 nitrogen and oxygen atoms in total. The molecule has 26 heavy (non-hydrogen) atoms. The summed E-state index contributed by atoms with van der Waals surface area (Å²) in [6.45, 7) is 11.3. The lowest BCUT2D eigenvalue weighted by Gasteiger charge is -2.19. The molecular formula is C23H31NO2. The lowest BCUT2D eigenvalue weighted by Crippen LogP contribution is -2.33. The standard InChI is InChI=1S/C23H31NO2/c1-6-20(7-2)24-22(25)18-10-8-17(9-11-18)16-26-21-14-12-19(13-15-21)23(3,4)5/h8-15,20H,6-7,16H2,1-5H3,(H,24,25). The Bertz CT molecular complexity index is 692. The van der Waals surface area contributed by atoms with Crippen LogP contribution < -0.4 is 10.1 Å². The van der Waals surface area contributed by atoms with Crippen LogP contribution in [0.15, 0.2) is 48.5 Å². The molecule has 0 atom stereocenters. The summed E-state index contributed by atoms with van der Waals surface area (Å²) in [5.41, 5.74) is 3.17. The number of nitrogens with one attached hydrogen (secondary N) is 1. The van der Waals surface area contributed by atoms with E-state index < -0.39 is 0 Å². The van der Waals surface area contributed by atoms with Crippen LogP contribution in [0.1, 0.15) is 68.9 Å². The fraction of sp³-hybridized carbons (Fsp3) is 0.435. The van der Waals surface area contributed by atoms with Crippen molar-refractivity contribution in [3.8, 4) is 5.75 Å². The highest BCUT2D eigenvalue weighted by Crippen LogP contribution is 2.24. The first-order valence-corrected chi connectivity index (χ1v) is 9.46. The third kappa shape index (κ3) is 5.62. The molecule has 0 saturated heterocycles. The number of rotatable bonds is 7. The van der Waals surface area contributed by atoms with Crippen LogP contribution in [0.5, 0.6) is 5.75 Å². The molecule has 2 aromatic carbocycles. The Kier molecular flexibility index (Phi) is 6.84. The molecule has 0 spiro atoms. The molecule has 140 valence electrons. The molecule has 0 aromatic heterocycles. The van der Waals surface area contributed by atoms with Crippen LogP contribution in [0.3, 0.4) is 0 Å². The smallest absolute Gasteiger partial charge is 0.251 e. The minimum absolute atomic E-state index is 0.0102. The van der Waals surface area contributed by atoms with E-state index in [9.17, 15) is 4.79 Å². The first kappa shape index (κ1) is 20.0. The molecule has 2 aromatic rings. The second kappa shape index (κ2) is 8.88. The zero-order valence-corrected chi connectivity index (χ0v) is 16.6. The number of hydrogen-bond acceptors (Lipinski definition) is 2. The van der Waals surface area contributed by atoms with E-state index in [1.165, 1.54) is 5.56 Å². The van der Waals surface area contributed by atoms with Gasteiger partial charge in [0.25, 0.3) is 5.91 Å². The van der Waals surface area contributed by atoms with E-state index in [4.69, 9.17) is 4.74 Å². The molecule has 1 amide bonds. The van der Waals surface area contributed by atoms with Gasteiger partial charge >= 0.3 is 0 Å². The van der Waals surface area contributed by atoms with E-state index in [0.717, 1.165) is 24.2 Å². The summed E-state index contributed by atoms with van der Waals surface area (Å²) in [7, 11) is 0. The number of ether oxygens (including phenoxy) is 1. The van der Waals surface area contributed by atoms with E-state index in [-0.39, 0.29) is 17.4 Å². The van der Waals surface area contributed by atoms with Gasteiger partial charge in [-0.05, 0) is 53.6 Å². The summed E-state index contributed by atoms with van der Waals surface area (Å²) < 4.78 is 5.86. The minimum atomic E-state index is -0.0102. The number of carbonyl (C=O) groups excluding carboxylic acids is 1. The minimum Gasteiger partial charge on any atom is -0.489 e. The molecule has 0 radical (unpaired) electrons. The number of amides is 1. The second-order valence-corrected chi connectivity index (χ2v) is 7.75. The van der Waals surface area contributed by atoms with Gasteiger partial charge in [0, 0.05) is 11.6 Å². The second-order valence-electron chi connectivity index (χ2n) is 7.75. The van der Waals surface area contributed by atoms with Gasteiger partial charge in [-0.2, -0.15) is 0 Å². The van der Waals surface area contributed by atoms with Crippen molar-refractivity contribution in [2.24, 2.45) is 0 Å². The van der Waals surface area contributed by atoms with Crippen LogP contribution in [0.4, 0.5) is 0 Å². The molecule has 0 aliphatic rings. The summed E-state index contributed by atoms with van der Waals surface area (Å²) >= 11 is 0. The molecule has 0 bridgehead atoms. The fourth-order valence-electron chi connectivity index (χ4n) is 2.73. The van der Waals surface area contributed by atoms with Gasteiger partial charge in [0.05, 0.1) is 0 Å². The van der Waals surface area contributed by atoms with Gasteiger partial charge in [-0.25, -0.2) is 0 Å². The maximum Gasteiger partial charge on any atom is 0.251 e. The molecule has 0 unspecified atom stereocenters. The highest BCUT2D eigenvalue weighted by molar-refractivity contribution is 5.94. The maximum atomic E-state index is 12.2. The zero-order valence-electron chi connectivity index (χ0n) is 16.6. The molecule has 3 heteroatoms. The van der Waals surface area contributed by atoms with Gasteiger partial charge < -0.3 is 10.1 Å². The monoisotopic (exact) mass is 353 g/mol. The first-order valence-electron chi connectivity index (χ1n) is 9.46. The maximum absolute atomic E-state index is 12.2. The number of carbonyl (C=O) groups is 1. The predicted octanol–water partition coefficient (Wildman–Crippen LogP) is 5.48. The van der Waals surface area contributed by atoms with Crippen molar-refractivity contribution in [3.63, 3.8) is 0 Å². The first-order chi connectivity index (χ1) is 12.3. The Balaban J connectivity index is 1.92. The van der Waals surface area contributed by atoms with Crippen LogP contribution in [0.25, 0.3) is 0 Å². The molecule has 2 rings (SSSR count). The van der Waals surface area contributed by atoms with Crippen molar-refractivity contribution in [2.45, 2.75) is 65.5 Å². The summed E-state index contributed by atoms with van der Waals surface area (Å²) in [4.78, 5) is 12.2. The van der Waals surface area contributed by atoms with E-state index >= 15 is 0 Å². The highest BCUT2D eigenvalue weighted by Gasteiger charge is 2.13. The summed E-state index contributed by atoms with van der Waals surface area (Å²) in [6, 6.07) is 16.1. The predicted molar refractivity (Wildman–Crippen MR) is 108 cm³/mol. The van der Waals surface area contributed by atoms with Crippen molar-refractivity contribution < 1.29 is 9.53 Å². The van der Waals surface area contributed by atoms with Gasteiger partial charge in [-0.1, -0.05) is 58.9 Å². The molecule has 0 saturated carbocycles. The summed E-state index contributed by atoms with van der Waals surface area (Å²) in [5.74, 6) is 0.845. The number of benzene rings is 2. The Morgan fingerprint density at radius 2 is 1.54 bits per heavy atom. The molecule has 0 fully saturated rings. The average molecular weight is 354 g/mol. The lowest BCUT2D eigenvalue weighted by molar-refractivity contribution is 0.0935. The van der Waals surface area contributed by atoms with E-state index in [2.05, 4.69) is 52.1 Å². The highest BCUT2D eigenvalue weighted by atomic mass is 16.5. The fourth-order valence-corrected chi connectivity index (χ4v) is 2.73. The van der Waals surface area contributed by atoms with Crippen molar-refractivity contribution >= 4 is 5.91 Å². The topological polar surface area (TPSA) is 38.3 Å². The summed E-state index contributed by atoms with van der Waals surface area (Å²) in [6.07, 6.45) is 1.89. The van der Waals surface area contributed by atoms with E-state index in [1.807, 2.05) is 36.4 Å². The Morgan fingerprint density at radius 1 is 0.962 bits per heavy atom. The van der Waals surface area contributed by atoms with Crippen LogP contribution in [-0.4, -0.2) is 11.9 Å². The molecular weight excluding hydrogens is 322 g/mol. The molecule has 0 heterocycles. The summed E-state index contributed by atoms with van der Waals surface area (Å²) in [5, 5.41) is 3.06. The molecule has 1 N–H and O–H groups in total. The quantitative estimate of drug-likeness (QED) is 0.715. The Hall–Kier alpha value is -2.29. The number of hydrogen-bond donors (Lipinski definition) is 1. The van der Waals surface area contributed by atoms with E-state index in [1.54, 1.807) is 0 Å². The Morgan fingerprint density at radius 3 is 2.04 bits per heavy atom. The zero-order chi connectivity index (χ0) is 19.2.